The first-order valence-electron chi connectivity index (χ1n) is 9.01. The lowest BCUT2D eigenvalue weighted by Crippen LogP contribution is -2.19. The molecule has 0 radical (unpaired) electrons. The van der Waals surface area contributed by atoms with Gasteiger partial charge < -0.3 is 0 Å². The van der Waals surface area contributed by atoms with Gasteiger partial charge in [0.2, 0.25) is 0 Å². The Morgan fingerprint density at radius 2 is 1.26 bits per heavy atom. The van der Waals surface area contributed by atoms with Crippen molar-refractivity contribution >= 4 is 11.1 Å². The second-order valence-corrected chi connectivity index (χ2v) is 6.56. The molecule has 0 fully saturated rings. The molecule has 0 N–H and O–H groups in total. The van der Waals surface area contributed by atoms with Crippen LogP contribution >= 0.6 is 0 Å². The van der Waals surface area contributed by atoms with Gasteiger partial charge >= 0.3 is 0 Å². The summed E-state index contributed by atoms with van der Waals surface area (Å²) in [6.07, 6.45) is 0. The van der Waals surface area contributed by atoms with Crippen molar-refractivity contribution in [3.63, 3.8) is 0 Å². The average molecular weight is 464 g/mol. The molecule has 3 rings (SSSR count). The predicted octanol–water partition coefficient (Wildman–Crippen LogP) is 3.98. The number of rotatable bonds is 2. The maximum absolute atomic E-state index is 14.7. The van der Waals surface area contributed by atoms with Crippen LogP contribution < -0.4 is 10.4 Å². The van der Waals surface area contributed by atoms with Crippen molar-refractivity contribution < 1.29 is 26.3 Å². The summed E-state index contributed by atoms with van der Waals surface area (Å²) in [5, 5.41) is 36.0. The van der Waals surface area contributed by atoms with Crippen molar-refractivity contribution in [3.8, 4) is 35.4 Å². The molecule has 0 unspecified atom stereocenters. The molecule has 0 saturated heterocycles. The Hall–Kier alpha value is -5.06. The third-order valence-electron chi connectivity index (χ3n) is 4.78. The first kappa shape index (κ1) is 23.6. The molecular formula is C24H6F6N4. The van der Waals surface area contributed by atoms with E-state index in [-0.39, 0.29) is 5.22 Å². The van der Waals surface area contributed by atoms with Crippen molar-refractivity contribution in [2.45, 2.75) is 0 Å². The highest BCUT2D eigenvalue weighted by atomic mass is 19.2. The second-order valence-electron chi connectivity index (χ2n) is 6.56. The number of nitrogens with zero attached hydrogens (tertiary/aromatic N) is 4. The van der Waals surface area contributed by atoms with Crippen molar-refractivity contribution in [1.82, 2.24) is 0 Å². The minimum absolute atomic E-state index is 0.108. The topological polar surface area (TPSA) is 95.2 Å². The Labute approximate surface area is 187 Å². The lowest BCUT2D eigenvalue weighted by molar-refractivity contribution is 0.447. The van der Waals surface area contributed by atoms with Crippen LogP contribution in [0.2, 0.25) is 0 Å². The summed E-state index contributed by atoms with van der Waals surface area (Å²) in [5.74, 6) is -11.0. The van der Waals surface area contributed by atoms with E-state index in [9.17, 15) is 31.6 Å². The van der Waals surface area contributed by atoms with Gasteiger partial charge in [0, 0.05) is 16.0 Å². The minimum Gasteiger partial charge on any atom is -0.204 e. The molecule has 3 aromatic carbocycles. The normalized spacial score (nSPS) is 11.0. The number of nitriles is 4. The summed E-state index contributed by atoms with van der Waals surface area (Å²) in [6.45, 7) is 0. The average Bonchev–Trinajstić information content (AvgIpc) is 2.83. The number of hydrogen-bond donors (Lipinski definition) is 0. The maximum atomic E-state index is 14.7. The van der Waals surface area contributed by atoms with Crippen molar-refractivity contribution in [2.24, 2.45) is 0 Å². The van der Waals surface area contributed by atoms with Crippen molar-refractivity contribution in [3.05, 3.63) is 92.9 Å². The number of benzene rings is 3. The van der Waals surface area contributed by atoms with Crippen molar-refractivity contribution in [1.29, 1.82) is 21.0 Å². The van der Waals surface area contributed by atoms with Gasteiger partial charge in [0.25, 0.3) is 0 Å². The zero-order valence-corrected chi connectivity index (χ0v) is 16.5. The lowest BCUT2D eigenvalue weighted by Gasteiger charge is -2.11. The molecule has 3 aromatic rings. The Morgan fingerprint density at radius 1 is 0.647 bits per heavy atom. The Bertz CT molecular complexity index is 1620. The summed E-state index contributed by atoms with van der Waals surface area (Å²) in [7, 11) is 0. The van der Waals surface area contributed by atoms with Crippen LogP contribution in [-0.4, -0.2) is 0 Å². The first-order chi connectivity index (χ1) is 16.2. The number of hydrogen-bond acceptors (Lipinski definition) is 4. The molecule has 0 aliphatic heterocycles. The largest absolute Gasteiger partial charge is 0.204 e. The fourth-order valence-electron chi connectivity index (χ4n) is 3.21. The maximum Gasteiger partial charge on any atom is 0.180 e. The van der Waals surface area contributed by atoms with Crippen LogP contribution in [0.4, 0.5) is 26.3 Å². The van der Waals surface area contributed by atoms with Crippen LogP contribution in [0.3, 0.4) is 0 Å². The fraction of sp³-hybridized carbons (Fsp3) is 0. The molecule has 0 spiro atoms. The van der Waals surface area contributed by atoms with E-state index in [1.165, 1.54) is 6.07 Å². The monoisotopic (exact) mass is 464 g/mol. The third-order valence-corrected chi connectivity index (χ3v) is 4.78. The second kappa shape index (κ2) is 9.20. The third kappa shape index (κ3) is 3.71. The zero-order chi connectivity index (χ0) is 25.2. The standard InChI is InChI=1S/C24H6F6N4/c25-18-3-1-2-14(20(18)26)15-6-11(12(7-31)8-32)4-5-13(15)16(9-33)19-23(29)21(27)17(10-34)22(28)24(19)30/h1-6H/b16-13+. The van der Waals surface area contributed by atoms with E-state index in [1.54, 1.807) is 12.1 Å². The van der Waals surface area contributed by atoms with E-state index in [0.29, 0.717) is 0 Å². The van der Waals surface area contributed by atoms with Gasteiger partial charge in [0.05, 0.1) is 11.1 Å². The molecule has 164 valence electrons. The SMILES string of the molecule is N#CC(C#N)=c1cc/c(=C(/C#N)c2c(F)c(F)c(C#N)c(F)c2F)c(-c2cccc(F)c2F)c1. The highest BCUT2D eigenvalue weighted by molar-refractivity contribution is 5.83. The zero-order valence-electron chi connectivity index (χ0n) is 16.5. The highest BCUT2D eigenvalue weighted by Gasteiger charge is 2.28. The Balaban J connectivity index is 2.65. The van der Waals surface area contributed by atoms with Crippen LogP contribution in [0.25, 0.3) is 22.3 Å². The van der Waals surface area contributed by atoms with Gasteiger partial charge in [-0.2, -0.15) is 21.0 Å². The summed E-state index contributed by atoms with van der Waals surface area (Å²) in [5.41, 5.74) is -5.45. The Kier molecular flexibility index (Phi) is 6.39. The lowest BCUT2D eigenvalue weighted by atomic mass is 9.94. The van der Waals surface area contributed by atoms with E-state index in [2.05, 4.69) is 0 Å². The van der Waals surface area contributed by atoms with Gasteiger partial charge in [-0.15, -0.1) is 0 Å². The molecule has 0 aromatic heterocycles. The van der Waals surface area contributed by atoms with Crippen molar-refractivity contribution in [2.75, 3.05) is 0 Å². The fourth-order valence-corrected chi connectivity index (χ4v) is 3.21. The molecule has 4 nitrogen and oxygen atoms in total. The van der Waals surface area contributed by atoms with E-state index in [0.717, 1.165) is 42.5 Å². The quantitative estimate of drug-likeness (QED) is 0.424. The van der Waals surface area contributed by atoms with Gasteiger partial charge in [-0.25, -0.2) is 26.3 Å². The van der Waals surface area contributed by atoms with E-state index in [4.69, 9.17) is 15.8 Å². The molecule has 0 bridgehead atoms. The van der Waals surface area contributed by atoms with Gasteiger partial charge in [-0.05, 0) is 17.7 Å². The molecule has 0 aliphatic rings. The number of halogens is 6. The van der Waals surface area contributed by atoms with Gasteiger partial charge in [-0.1, -0.05) is 24.3 Å². The van der Waals surface area contributed by atoms with Gasteiger partial charge in [0.15, 0.2) is 34.9 Å². The smallest absolute Gasteiger partial charge is 0.180 e. The molecule has 0 saturated carbocycles. The Morgan fingerprint density at radius 3 is 1.79 bits per heavy atom. The van der Waals surface area contributed by atoms with E-state index in [1.807, 2.05) is 0 Å². The molecule has 34 heavy (non-hydrogen) atoms. The summed E-state index contributed by atoms with van der Waals surface area (Å²) in [4.78, 5) is 0. The van der Waals surface area contributed by atoms with E-state index < -0.39 is 73.5 Å². The predicted molar refractivity (Wildman–Crippen MR) is 105 cm³/mol. The summed E-state index contributed by atoms with van der Waals surface area (Å²) in [6, 6.07) is 11.4. The van der Waals surface area contributed by atoms with E-state index >= 15 is 0 Å². The molecule has 0 heterocycles. The molecule has 0 atom stereocenters. The van der Waals surface area contributed by atoms with Crippen LogP contribution in [0.1, 0.15) is 11.1 Å². The van der Waals surface area contributed by atoms with Crippen LogP contribution in [0.15, 0.2) is 36.4 Å². The summed E-state index contributed by atoms with van der Waals surface area (Å²) >= 11 is 0. The highest BCUT2D eigenvalue weighted by Crippen LogP contribution is 2.29. The van der Waals surface area contributed by atoms with Gasteiger partial charge in [0.1, 0.15) is 35.4 Å². The van der Waals surface area contributed by atoms with Crippen LogP contribution in [0, 0.1) is 80.2 Å². The van der Waals surface area contributed by atoms with Crippen LogP contribution in [0.5, 0.6) is 0 Å². The molecular weight excluding hydrogens is 458 g/mol. The molecule has 10 heteroatoms. The molecule has 0 amide bonds. The van der Waals surface area contributed by atoms with Gasteiger partial charge in [-0.3, -0.25) is 0 Å². The first-order valence-corrected chi connectivity index (χ1v) is 9.01. The summed E-state index contributed by atoms with van der Waals surface area (Å²) < 4.78 is 86.3. The molecule has 0 aliphatic carbocycles. The van der Waals surface area contributed by atoms with Crippen LogP contribution in [-0.2, 0) is 0 Å². The minimum atomic E-state index is -2.05.